The molecule has 0 radical (unpaired) electrons. The molecule has 0 aromatic carbocycles. The maximum Gasteiger partial charge on any atom is 0.337 e. The SMILES string of the molecule is CCCNC(=O)CNc1cnccc1C(=O)O. The van der Waals surface area contributed by atoms with Crippen molar-refractivity contribution < 1.29 is 14.7 Å². The molecule has 0 fully saturated rings. The van der Waals surface area contributed by atoms with Crippen molar-refractivity contribution in [1.29, 1.82) is 0 Å². The van der Waals surface area contributed by atoms with Gasteiger partial charge in [-0.2, -0.15) is 0 Å². The Labute approximate surface area is 99.1 Å². The fourth-order valence-corrected chi connectivity index (χ4v) is 1.22. The highest BCUT2D eigenvalue weighted by molar-refractivity contribution is 5.94. The second kappa shape index (κ2) is 6.47. The zero-order valence-corrected chi connectivity index (χ0v) is 9.56. The zero-order valence-electron chi connectivity index (χ0n) is 9.56. The topological polar surface area (TPSA) is 91.3 Å². The summed E-state index contributed by atoms with van der Waals surface area (Å²) in [7, 11) is 0. The van der Waals surface area contributed by atoms with Crippen molar-refractivity contribution in [3.05, 3.63) is 24.0 Å². The van der Waals surface area contributed by atoms with E-state index >= 15 is 0 Å². The number of amides is 1. The van der Waals surface area contributed by atoms with Gasteiger partial charge in [-0.3, -0.25) is 9.78 Å². The molecule has 92 valence electrons. The third-order valence-electron chi connectivity index (χ3n) is 2.06. The van der Waals surface area contributed by atoms with Crippen LogP contribution in [0.15, 0.2) is 18.5 Å². The molecule has 1 rings (SSSR count). The second-order valence-corrected chi connectivity index (χ2v) is 3.43. The third kappa shape index (κ3) is 4.10. The Morgan fingerprint density at radius 2 is 2.24 bits per heavy atom. The summed E-state index contributed by atoms with van der Waals surface area (Å²) >= 11 is 0. The van der Waals surface area contributed by atoms with E-state index in [4.69, 9.17) is 5.11 Å². The van der Waals surface area contributed by atoms with Gasteiger partial charge in [0.15, 0.2) is 0 Å². The van der Waals surface area contributed by atoms with Gasteiger partial charge in [-0.05, 0) is 12.5 Å². The van der Waals surface area contributed by atoms with Crippen molar-refractivity contribution >= 4 is 17.6 Å². The molecule has 0 spiro atoms. The van der Waals surface area contributed by atoms with Crippen LogP contribution in [0.25, 0.3) is 0 Å². The van der Waals surface area contributed by atoms with Crippen molar-refractivity contribution in [1.82, 2.24) is 10.3 Å². The minimum Gasteiger partial charge on any atom is -0.478 e. The van der Waals surface area contributed by atoms with Gasteiger partial charge in [0.1, 0.15) is 0 Å². The second-order valence-electron chi connectivity index (χ2n) is 3.43. The van der Waals surface area contributed by atoms with E-state index in [9.17, 15) is 9.59 Å². The molecule has 0 aliphatic rings. The van der Waals surface area contributed by atoms with E-state index in [0.29, 0.717) is 12.2 Å². The molecule has 0 saturated carbocycles. The van der Waals surface area contributed by atoms with Crippen LogP contribution in [-0.2, 0) is 4.79 Å². The Kier molecular flexibility index (Phi) is 4.93. The molecule has 17 heavy (non-hydrogen) atoms. The van der Waals surface area contributed by atoms with Crippen molar-refractivity contribution in [2.45, 2.75) is 13.3 Å². The molecular weight excluding hydrogens is 222 g/mol. The van der Waals surface area contributed by atoms with Crippen LogP contribution in [0, 0.1) is 0 Å². The molecule has 3 N–H and O–H groups in total. The number of carbonyl (C=O) groups is 2. The fraction of sp³-hybridized carbons (Fsp3) is 0.364. The predicted molar refractivity (Wildman–Crippen MR) is 63.0 cm³/mol. The maximum absolute atomic E-state index is 11.3. The van der Waals surface area contributed by atoms with Crippen LogP contribution in [0.2, 0.25) is 0 Å². The van der Waals surface area contributed by atoms with Crippen molar-refractivity contribution in [2.75, 3.05) is 18.4 Å². The molecule has 1 aromatic rings. The molecule has 0 aliphatic carbocycles. The first-order valence-corrected chi connectivity index (χ1v) is 5.33. The first kappa shape index (κ1) is 13.0. The van der Waals surface area contributed by atoms with Crippen LogP contribution >= 0.6 is 0 Å². The van der Waals surface area contributed by atoms with E-state index in [1.165, 1.54) is 18.5 Å². The molecule has 1 amide bonds. The third-order valence-corrected chi connectivity index (χ3v) is 2.06. The Bertz CT molecular complexity index is 407. The number of hydrogen-bond donors (Lipinski definition) is 3. The zero-order chi connectivity index (χ0) is 12.7. The smallest absolute Gasteiger partial charge is 0.337 e. The minimum absolute atomic E-state index is 0.0337. The van der Waals surface area contributed by atoms with Crippen LogP contribution in [-0.4, -0.2) is 35.1 Å². The number of hydrogen-bond acceptors (Lipinski definition) is 4. The average Bonchev–Trinajstić information content (AvgIpc) is 2.34. The first-order chi connectivity index (χ1) is 8.15. The van der Waals surface area contributed by atoms with E-state index in [0.717, 1.165) is 6.42 Å². The summed E-state index contributed by atoms with van der Waals surface area (Å²) in [4.78, 5) is 26.0. The maximum atomic E-state index is 11.3. The number of carboxylic acids is 1. The van der Waals surface area contributed by atoms with Crippen molar-refractivity contribution in [2.24, 2.45) is 0 Å². The summed E-state index contributed by atoms with van der Waals surface area (Å²) in [5.41, 5.74) is 0.440. The average molecular weight is 237 g/mol. The molecule has 0 unspecified atom stereocenters. The molecule has 0 atom stereocenters. The van der Waals surface area contributed by atoms with E-state index in [1.54, 1.807) is 0 Å². The highest BCUT2D eigenvalue weighted by Crippen LogP contribution is 2.12. The molecule has 0 bridgehead atoms. The first-order valence-electron chi connectivity index (χ1n) is 5.33. The van der Waals surface area contributed by atoms with Crippen LogP contribution in [0.3, 0.4) is 0 Å². The number of carboxylic acid groups (broad SMARTS) is 1. The number of rotatable bonds is 6. The highest BCUT2D eigenvalue weighted by Gasteiger charge is 2.10. The quantitative estimate of drug-likeness (QED) is 0.678. The lowest BCUT2D eigenvalue weighted by molar-refractivity contribution is -0.119. The lowest BCUT2D eigenvalue weighted by Crippen LogP contribution is -2.30. The van der Waals surface area contributed by atoms with Gasteiger partial charge in [0, 0.05) is 12.7 Å². The summed E-state index contributed by atoms with van der Waals surface area (Å²) in [6, 6.07) is 1.38. The largest absolute Gasteiger partial charge is 0.478 e. The number of nitrogens with one attached hydrogen (secondary N) is 2. The van der Waals surface area contributed by atoms with Gasteiger partial charge in [0.25, 0.3) is 0 Å². The molecule has 1 heterocycles. The summed E-state index contributed by atoms with van der Waals surface area (Å²) in [6.45, 7) is 2.60. The van der Waals surface area contributed by atoms with Gasteiger partial charge < -0.3 is 15.7 Å². The number of aromatic nitrogens is 1. The molecular formula is C11H15N3O3. The Balaban J connectivity index is 2.57. The van der Waals surface area contributed by atoms with E-state index < -0.39 is 5.97 Å². The number of pyridine rings is 1. The van der Waals surface area contributed by atoms with E-state index in [1.807, 2.05) is 6.92 Å². The number of nitrogens with zero attached hydrogens (tertiary/aromatic N) is 1. The lowest BCUT2D eigenvalue weighted by atomic mass is 10.2. The lowest BCUT2D eigenvalue weighted by Gasteiger charge is -2.08. The Morgan fingerprint density at radius 1 is 1.47 bits per heavy atom. The van der Waals surface area contributed by atoms with E-state index in [2.05, 4.69) is 15.6 Å². The van der Waals surface area contributed by atoms with Crippen LogP contribution in [0.5, 0.6) is 0 Å². The monoisotopic (exact) mass is 237 g/mol. The number of anilines is 1. The summed E-state index contributed by atoms with van der Waals surface area (Å²) in [5, 5.41) is 14.3. The predicted octanol–water partition coefficient (Wildman–Crippen LogP) is 0.718. The van der Waals surface area contributed by atoms with Gasteiger partial charge in [-0.1, -0.05) is 6.92 Å². The molecule has 1 aromatic heterocycles. The van der Waals surface area contributed by atoms with E-state index in [-0.39, 0.29) is 18.0 Å². The Morgan fingerprint density at radius 3 is 2.88 bits per heavy atom. The van der Waals surface area contributed by atoms with Gasteiger partial charge in [-0.15, -0.1) is 0 Å². The Hall–Kier alpha value is -2.11. The normalized spacial score (nSPS) is 9.71. The van der Waals surface area contributed by atoms with Crippen LogP contribution < -0.4 is 10.6 Å². The van der Waals surface area contributed by atoms with Crippen molar-refractivity contribution in [3.63, 3.8) is 0 Å². The molecule has 0 saturated heterocycles. The highest BCUT2D eigenvalue weighted by atomic mass is 16.4. The van der Waals surface area contributed by atoms with Gasteiger partial charge in [0.05, 0.1) is 24.0 Å². The summed E-state index contributed by atoms with van der Waals surface area (Å²) in [6.07, 6.45) is 3.64. The summed E-state index contributed by atoms with van der Waals surface area (Å²) in [5.74, 6) is -1.23. The minimum atomic E-state index is -1.05. The van der Waals surface area contributed by atoms with Gasteiger partial charge >= 0.3 is 5.97 Å². The van der Waals surface area contributed by atoms with Crippen LogP contribution in [0.4, 0.5) is 5.69 Å². The summed E-state index contributed by atoms with van der Waals surface area (Å²) < 4.78 is 0. The molecule has 6 heteroatoms. The number of carbonyl (C=O) groups excluding carboxylic acids is 1. The molecule has 0 aliphatic heterocycles. The van der Waals surface area contributed by atoms with Gasteiger partial charge in [-0.25, -0.2) is 4.79 Å². The van der Waals surface area contributed by atoms with Crippen LogP contribution in [0.1, 0.15) is 23.7 Å². The molecule has 6 nitrogen and oxygen atoms in total. The number of aromatic carboxylic acids is 1. The standard InChI is InChI=1S/C11H15N3O3/c1-2-4-13-10(15)7-14-9-6-12-5-3-8(9)11(16)17/h3,5-6,14H,2,4,7H2,1H3,(H,13,15)(H,16,17). The van der Waals surface area contributed by atoms with Gasteiger partial charge in [0.2, 0.25) is 5.91 Å². The fourth-order valence-electron chi connectivity index (χ4n) is 1.22. The van der Waals surface area contributed by atoms with Crippen molar-refractivity contribution in [3.8, 4) is 0 Å².